The Morgan fingerprint density at radius 1 is 1.30 bits per heavy atom. The highest BCUT2D eigenvalue weighted by Crippen LogP contribution is 2.25. The van der Waals surface area contributed by atoms with E-state index in [0.717, 1.165) is 13.1 Å². The Kier molecular flexibility index (Phi) is 6.25. The number of sulfonamides is 1. The number of nitrogens with one attached hydrogen (secondary N) is 1. The van der Waals surface area contributed by atoms with Gasteiger partial charge in [-0.15, -0.1) is 0 Å². The number of hydrogen-bond donors (Lipinski definition) is 2. The van der Waals surface area contributed by atoms with Gasteiger partial charge in [0.05, 0.1) is 7.11 Å². The van der Waals surface area contributed by atoms with Gasteiger partial charge in [-0.25, -0.2) is 13.1 Å². The van der Waals surface area contributed by atoms with E-state index in [1.165, 1.54) is 13.2 Å². The van der Waals surface area contributed by atoms with Crippen LogP contribution in [0.2, 0.25) is 0 Å². The molecule has 0 saturated heterocycles. The smallest absolute Gasteiger partial charge is 0.244 e. The zero-order valence-electron chi connectivity index (χ0n) is 12.2. The zero-order valence-corrected chi connectivity index (χ0v) is 13.0. The molecule has 6 nitrogen and oxygen atoms in total. The minimum absolute atomic E-state index is 0.0690. The van der Waals surface area contributed by atoms with Crippen LogP contribution in [0.5, 0.6) is 5.75 Å². The monoisotopic (exact) mass is 301 g/mol. The molecule has 0 bridgehead atoms. The van der Waals surface area contributed by atoms with Gasteiger partial charge in [-0.1, -0.05) is 13.8 Å². The Morgan fingerprint density at radius 3 is 2.50 bits per heavy atom. The number of nitrogens with zero attached hydrogens (tertiary/aromatic N) is 1. The molecule has 0 unspecified atom stereocenters. The van der Waals surface area contributed by atoms with Crippen LogP contribution in [0, 0.1) is 0 Å². The van der Waals surface area contributed by atoms with Crippen LogP contribution in [0.15, 0.2) is 23.1 Å². The van der Waals surface area contributed by atoms with Crippen molar-refractivity contribution >= 4 is 15.7 Å². The fraction of sp³-hybridized carbons (Fsp3) is 0.538. The Balaban J connectivity index is 2.81. The number of ether oxygens (including phenoxy) is 1. The summed E-state index contributed by atoms with van der Waals surface area (Å²) in [7, 11) is -2.19. The number of nitrogens with two attached hydrogens (primary N) is 1. The Labute approximate surface area is 121 Å². The lowest BCUT2D eigenvalue weighted by Gasteiger charge is -2.18. The summed E-state index contributed by atoms with van der Waals surface area (Å²) in [6.45, 7) is 6.87. The second-order valence-electron chi connectivity index (χ2n) is 4.33. The van der Waals surface area contributed by atoms with Gasteiger partial charge >= 0.3 is 0 Å². The third-order valence-electron chi connectivity index (χ3n) is 3.09. The molecule has 114 valence electrons. The van der Waals surface area contributed by atoms with Gasteiger partial charge < -0.3 is 15.4 Å². The molecule has 0 heterocycles. The average Bonchev–Trinajstić information content (AvgIpc) is 2.43. The third-order valence-corrected chi connectivity index (χ3v) is 4.57. The first-order chi connectivity index (χ1) is 9.44. The van der Waals surface area contributed by atoms with Gasteiger partial charge in [-0.05, 0) is 31.3 Å². The van der Waals surface area contributed by atoms with E-state index in [1.54, 1.807) is 12.1 Å². The molecule has 0 aliphatic heterocycles. The number of anilines is 1. The van der Waals surface area contributed by atoms with E-state index in [1.807, 2.05) is 13.8 Å². The van der Waals surface area contributed by atoms with E-state index in [0.29, 0.717) is 18.8 Å². The van der Waals surface area contributed by atoms with Crippen LogP contribution >= 0.6 is 0 Å². The quantitative estimate of drug-likeness (QED) is 0.697. The van der Waals surface area contributed by atoms with Crippen LogP contribution in [0.1, 0.15) is 13.8 Å². The van der Waals surface area contributed by atoms with Crippen molar-refractivity contribution in [3.05, 3.63) is 18.2 Å². The number of hydrogen-bond acceptors (Lipinski definition) is 5. The average molecular weight is 301 g/mol. The maximum atomic E-state index is 12.3. The number of benzene rings is 1. The molecule has 1 aromatic rings. The summed E-state index contributed by atoms with van der Waals surface area (Å²) in [5.41, 5.74) is 6.03. The van der Waals surface area contributed by atoms with Crippen molar-refractivity contribution in [1.82, 2.24) is 9.62 Å². The molecule has 0 spiro atoms. The van der Waals surface area contributed by atoms with E-state index >= 15 is 0 Å². The van der Waals surface area contributed by atoms with E-state index in [2.05, 4.69) is 9.62 Å². The molecule has 7 heteroatoms. The number of methoxy groups -OCH3 is 1. The highest BCUT2D eigenvalue weighted by atomic mass is 32.2. The van der Waals surface area contributed by atoms with E-state index < -0.39 is 10.0 Å². The normalized spacial score (nSPS) is 11.8. The van der Waals surface area contributed by atoms with Gasteiger partial charge in [0, 0.05) is 18.8 Å². The molecule has 0 amide bonds. The van der Waals surface area contributed by atoms with Crippen molar-refractivity contribution in [1.29, 1.82) is 0 Å². The fourth-order valence-corrected chi connectivity index (χ4v) is 3.08. The Morgan fingerprint density at radius 2 is 1.95 bits per heavy atom. The van der Waals surface area contributed by atoms with Crippen LogP contribution in [0.4, 0.5) is 5.69 Å². The van der Waals surface area contributed by atoms with Crippen LogP contribution < -0.4 is 15.2 Å². The summed E-state index contributed by atoms with van der Waals surface area (Å²) in [5.74, 6) is 0.287. The minimum atomic E-state index is -3.62. The zero-order chi connectivity index (χ0) is 15.2. The summed E-state index contributed by atoms with van der Waals surface area (Å²) in [5, 5.41) is 0. The van der Waals surface area contributed by atoms with Crippen LogP contribution in [0.3, 0.4) is 0 Å². The molecule has 0 radical (unpaired) electrons. The summed E-state index contributed by atoms with van der Waals surface area (Å²) < 4.78 is 32.2. The second-order valence-corrected chi connectivity index (χ2v) is 6.07. The standard InChI is InChI=1S/C13H23N3O3S/c1-4-16(5-2)9-8-15-20(17,18)13-10-11(14)6-7-12(13)19-3/h6-7,10,15H,4-5,8-9,14H2,1-3H3. The van der Waals surface area contributed by atoms with E-state index in [9.17, 15) is 8.42 Å². The Hall–Kier alpha value is -1.31. The highest BCUT2D eigenvalue weighted by Gasteiger charge is 2.19. The second kappa shape index (κ2) is 7.47. The number of nitrogen functional groups attached to an aromatic ring is 1. The first-order valence-corrected chi connectivity index (χ1v) is 8.08. The lowest BCUT2D eigenvalue weighted by atomic mass is 10.3. The summed E-state index contributed by atoms with van der Waals surface area (Å²) in [6.07, 6.45) is 0. The predicted molar refractivity (Wildman–Crippen MR) is 80.4 cm³/mol. The third kappa shape index (κ3) is 4.36. The van der Waals surface area contributed by atoms with Crippen molar-refractivity contribution in [3.8, 4) is 5.75 Å². The van der Waals surface area contributed by atoms with E-state index in [-0.39, 0.29) is 10.6 Å². The molecule has 3 N–H and O–H groups in total. The van der Waals surface area contributed by atoms with Gasteiger partial charge in [0.2, 0.25) is 10.0 Å². The van der Waals surface area contributed by atoms with Crippen LogP contribution in [0.25, 0.3) is 0 Å². The van der Waals surface area contributed by atoms with Crippen molar-refractivity contribution < 1.29 is 13.2 Å². The summed E-state index contributed by atoms with van der Waals surface area (Å²) >= 11 is 0. The van der Waals surface area contributed by atoms with Gasteiger partial charge in [0.25, 0.3) is 0 Å². The molecule has 0 aliphatic carbocycles. The number of rotatable bonds is 8. The minimum Gasteiger partial charge on any atom is -0.495 e. The topological polar surface area (TPSA) is 84.7 Å². The molecule has 0 saturated carbocycles. The molecule has 0 aromatic heterocycles. The predicted octanol–water partition coefficient (Wildman–Crippen LogP) is 0.898. The largest absolute Gasteiger partial charge is 0.495 e. The lowest BCUT2D eigenvalue weighted by molar-refractivity contribution is 0.309. The van der Waals surface area contributed by atoms with Crippen LogP contribution in [-0.4, -0.2) is 46.6 Å². The molecule has 0 fully saturated rings. The Bertz CT molecular complexity index is 528. The molecule has 0 aliphatic rings. The van der Waals surface area contributed by atoms with E-state index in [4.69, 9.17) is 10.5 Å². The van der Waals surface area contributed by atoms with Crippen molar-refractivity contribution in [2.75, 3.05) is 39.0 Å². The van der Waals surface area contributed by atoms with Gasteiger partial charge in [0.15, 0.2) is 0 Å². The van der Waals surface area contributed by atoms with Crippen molar-refractivity contribution in [2.45, 2.75) is 18.7 Å². The maximum Gasteiger partial charge on any atom is 0.244 e. The van der Waals surface area contributed by atoms with Gasteiger partial charge in [-0.2, -0.15) is 0 Å². The number of likely N-dealkylation sites (N-methyl/N-ethyl adjacent to an activating group) is 1. The molecular weight excluding hydrogens is 278 g/mol. The van der Waals surface area contributed by atoms with Crippen molar-refractivity contribution in [3.63, 3.8) is 0 Å². The summed E-state index contributed by atoms with van der Waals surface area (Å²) in [6, 6.07) is 4.56. The molecule has 1 rings (SSSR count). The lowest BCUT2D eigenvalue weighted by Crippen LogP contribution is -2.34. The first-order valence-electron chi connectivity index (χ1n) is 6.60. The highest BCUT2D eigenvalue weighted by molar-refractivity contribution is 7.89. The molecule has 0 atom stereocenters. The first kappa shape index (κ1) is 16.7. The van der Waals surface area contributed by atoms with Crippen LogP contribution in [-0.2, 0) is 10.0 Å². The maximum absolute atomic E-state index is 12.3. The summed E-state index contributed by atoms with van der Waals surface area (Å²) in [4.78, 5) is 2.21. The van der Waals surface area contributed by atoms with Gasteiger partial charge in [0.1, 0.15) is 10.6 Å². The molecule has 20 heavy (non-hydrogen) atoms. The molecule has 1 aromatic carbocycles. The fourth-order valence-electron chi connectivity index (χ4n) is 1.86. The molecular formula is C13H23N3O3S. The SMILES string of the molecule is CCN(CC)CCNS(=O)(=O)c1cc(N)ccc1OC. The van der Waals surface area contributed by atoms with Gasteiger partial charge in [-0.3, -0.25) is 0 Å². The van der Waals surface area contributed by atoms with Crippen molar-refractivity contribution in [2.24, 2.45) is 0 Å².